The Labute approximate surface area is 117 Å². The van der Waals surface area contributed by atoms with Gasteiger partial charge in [0.15, 0.2) is 0 Å². The number of hydrogen-bond donors (Lipinski definition) is 2. The lowest BCUT2D eigenvalue weighted by Gasteiger charge is -2.28. The van der Waals surface area contributed by atoms with Crippen molar-refractivity contribution in [3.63, 3.8) is 0 Å². The van der Waals surface area contributed by atoms with Crippen LogP contribution in [0.2, 0.25) is 10.0 Å². The summed E-state index contributed by atoms with van der Waals surface area (Å²) in [7, 11) is 0. The molecule has 1 amide bonds. The van der Waals surface area contributed by atoms with Crippen molar-refractivity contribution < 1.29 is 4.79 Å². The normalized spacial score (nSPS) is 23.7. The van der Waals surface area contributed by atoms with E-state index in [9.17, 15) is 4.79 Å². The molecule has 5 heteroatoms. The average molecular weight is 287 g/mol. The van der Waals surface area contributed by atoms with Crippen molar-refractivity contribution in [3.05, 3.63) is 33.8 Å². The first-order valence-electron chi connectivity index (χ1n) is 6.05. The number of amides is 1. The van der Waals surface area contributed by atoms with Gasteiger partial charge in [-0.2, -0.15) is 0 Å². The number of nitrogens with one attached hydrogen (secondary N) is 2. The van der Waals surface area contributed by atoms with Crippen molar-refractivity contribution >= 4 is 29.1 Å². The van der Waals surface area contributed by atoms with Gasteiger partial charge in [0, 0.05) is 17.6 Å². The molecular formula is C13H16Cl2N2O. The summed E-state index contributed by atoms with van der Waals surface area (Å²) in [6, 6.07) is 5.60. The molecule has 0 saturated carbocycles. The predicted octanol–water partition coefficient (Wildman–Crippen LogP) is 2.86. The monoisotopic (exact) mass is 286 g/mol. The maximum Gasteiger partial charge on any atom is 0.251 e. The zero-order valence-corrected chi connectivity index (χ0v) is 11.7. The number of benzene rings is 1. The molecule has 18 heavy (non-hydrogen) atoms. The maximum absolute atomic E-state index is 12.0. The Morgan fingerprint density at radius 2 is 2.17 bits per heavy atom. The molecule has 1 aliphatic heterocycles. The molecular weight excluding hydrogens is 271 g/mol. The van der Waals surface area contributed by atoms with E-state index in [0.717, 1.165) is 19.4 Å². The number of rotatable bonds is 2. The highest BCUT2D eigenvalue weighted by atomic mass is 35.5. The van der Waals surface area contributed by atoms with E-state index in [0.29, 0.717) is 21.7 Å². The first kappa shape index (κ1) is 13.7. The molecule has 2 rings (SSSR count). The Bertz CT molecular complexity index is 451. The van der Waals surface area contributed by atoms with E-state index < -0.39 is 0 Å². The first-order chi connectivity index (χ1) is 8.56. The minimum atomic E-state index is -0.0901. The van der Waals surface area contributed by atoms with E-state index in [-0.39, 0.29) is 11.9 Å². The minimum absolute atomic E-state index is 0.0901. The molecule has 2 unspecified atom stereocenters. The number of carbonyl (C=O) groups excluding carboxylic acids is 1. The van der Waals surface area contributed by atoms with Crippen LogP contribution in [0.1, 0.15) is 30.1 Å². The second kappa shape index (κ2) is 5.91. The molecule has 0 aliphatic carbocycles. The van der Waals surface area contributed by atoms with E-state index in [1.165, 1.54) is 0 Å². The minimum Gasteiger partial charge on any atom is -0.349 e. The largest absolute Gasteiger partial charge is 0.349 e. The van der Waals surface area contributed by atoms with Gasteiger partial charge in [-0.15, -0.1) is 0 Å². The van der Waals surface area contributed by atoms with E-state index >= 15 is 0 Å². The molecule has 0 bridgehead atoms. The fraction of sp³-hybridized carbons (Fsp3) is 0.462. The summed E-state index contributed by atoms with van der Waals surface area (Å²) in [4.78, 5) is 12.0. The quantitative estimate of drug-likeness (QED) is 0.878. The molecule has 3 nitrogen and oxygen atoms in total. The van der Waals surface area contributed by atoms with Crippen LogP contribution in [0, 0.1) is 0 Å². The van der Waals surface area contributed by atoms with Gasteiger partial charge < -0.3 is 10.6 Å². The summed E-state index contributed by atoms with van der Waals surface area (Å²) in [6.07, 6.45) is 1.91. The van der Waals surface area contributed by atoms with Gasteiger partial charge in [0.05, 0.1) is 10.0 Å². The smallest absolute Gasteiger partial charge is 0.251 e. The standard InChI is InChI=1S/C13H16Cl2N2O/c1-8-6-10(4-5-16-8)17-13(18)9-2-3-11(14)12(15)7-9/h2-3,7-8,10,16H,4-6H2,1H3,(H,17,18). The van der Waals surface area contributed by atoms with Crippen LogP contribution in [0.3, 0.4) is 0 Å². The Hall–Kier alpha value is -0.770. The molecule has 1 saturated heterocycles. The van der Waals surface area contributed by atoms with Crippen LogP contribution in [0.15, 0.2) is 18.2 Å². The Morgan fingerprint density at radius 1 is 1.39 bits per heavy atom. The van der Waals surface area contributed by atoms with E-state index in [4.69, 9.17) is 23.2 Å². The van der Waals surface area contributed by atoms with Gasteiger partial charge >= 0.3 is 0 Å². The highest BCUT2D eigenvalue weighted by Gasteiger charge is 2.20. The molecule has 2 N–H and O–H groups in total. The van der Waals surface area contributed by atoms with Crippen LogP contribution in [0.4, 0.5) is 0 Å². The molecule has 0 aromatic heterocycles. The van der Waals surface area contributed by atoms with Crippen LogP contribution < -0.4 is 10.6 Å². The van der Waals surface area contributed by atoms with Gasteiger partial charge in [-0.1, -0.05) is 23.2 Å². The number of hydrogen-bond acceptors (Lipinski definition) is 2. The third-order valence-electron chi connectivity index (χ3n) is 3.14. The number of halogens is 2. The number of carbonyl (C=O) groups is 1. The molecule has 1 heterocycles. The molecule has 0 spiro atoms. The fourth-order valence-electron chi connectivity index (χ4n) is 2.17. The summed E-state index contributed by atoms with van der Waals surface area (Å²) in [5.41, 5.74) is 0.551. The van der Waals surface area contributed by atoms with E-state index in [2.05, 4.69) is 17.6 Å². The highest BCUT2D eigenvalue weighted by molar-refractivity contribution is 6.42. The van der Waals surface area contributed by atoms with E-state index in [1.54, 1.807) is 18.2 Å². The maximum atomic E-state index is 12.0. The predicted molar refractivity (Wildman–Crippen MR) is 74.4 cm³/mol. The molecule has 2 atom stereocenters. The molecule has 1 fully saturated rings. The van der Waals surface area contributed by atoms with Crippen LogP contribution in [-0.2, 0) is 0 Å². The van der Waals surface area contributed by atoms with Crippen molar-refractivity contribution in [1.82, 2.24) is 10.6 Å². The summed E-state index contributed by atoms with van der Waals surface area (Å²) in [6.45, 7) is 3.06. The summed E-state index contributed by atoms with van der Waals surface area (Å²) < 4.78 is 0. The Morgan fingerprint density at radius 3 is 2.83 bits per heavy atom. The molecule has 0 radical (unpaired) electrons. The zero-order chi connectivity index (χ0) is 13.1. The molecule has 1 aromatic carbocycles. The highest BCUT2D eigenvalue weighted by Crippen LogP contribution is 2.22. The lowest BCUT2D eigenvalue weighted by Crippen LogP contribution is -2.46. The second-order valence-electron chi connectivity index (χ2n) is 4.68. The zero-order valence-electron chi connectivity index (χ0n) is 10.2. The van der Waals surface area contributed by atoms with Crippen LogP contribution in [-0.4, -0.2) is 24.5 Å². The Kier molecular flexibility index (Phi) is 4.49. The number of piperidine rings is 1. The third-order valence-corrected chi connectivity index (χ3v) is 3.88. The van der Waals surface area contributed by atoms with Gasteiger partial charge in [0.2, 0.25) is 0 Å². The van der Waals surface area contributed by atoms with Gasteiger partial charge in [0.1, 0.15) is 0 Å². The van der Waals surface area contributed by atoms with Crippen molar-refractivity contribution in [1.29, 1.82) is 0 Å². The fourth-order valence-corrected chi connectivity index (χ4v) is 2.47. The van der Waals surface area contributed by atoms with Crippen molar-refractivity contribution in [2.24, 2.45) is 0 Å². The van der Waals surface area contributed by atoms with Crippen LogP contribution in [0.25, 0.3) is 0 Å². The average Bonchev–Trinajstić information content (AvgIpc) is 2.32. The van der Waals surface area contributed by atoms with Gasteiger partial charge in [-0.05, 0) is 44.5 Å². The summed E-state index contributed by atoms with van der Waals surface area (Å²) in [5, 5.41) is 7.25. The van der Waals surface area contributed by atoms with Crippen LogP contribution >= 0.6 is 23.2 Å². The van der Waals surface area contributed by atoms with Crippen LogP contribution in [0.5, 0.6) is 0 Å². The molecule has 98 valence electrons. The lowest BCUT2D eigenvalue weighted by molar-refractivity contribution is 0.0925. The van der Waals surface area contributed by atoms with Gasteiger partial charge in [0.25, 0.3) is 5.91 Å². The topological polar surface area (TPSA) is 41.1 Å². The van der Waals surface area contributed by atoms with E-state index in [1.807, 2.05) is 0 Å². The summed E-state index contributed by atoms with van der Waals surface area (Å²) >= 11 is 11.7. The summed E-state index contributed by atoms with van der Waals surface area (Å²) in [5.74, 6) is -0.0901. The SMILES string of the molecule is CC1CC(NC(=O)c2ccc(Cl)c(Cl)c2)CCN1. The third kappa shape index (κ3) is 3.37. The lowest BCUT2D eigenvalue weighted by atomic mass is 10.0. The van der Waals surface area contributed by atoms with Gasteiger partial charge in [-0.25, -0.2) is 0 Å². The molecule has 1 aromatic rings. The first-order valence-corrected chi connectivity index (χ1v) is 6.81. The van der Waals surface area contributed by atoms with Crippen molar-refractivity contribution in [2.75, 3.05) is 6.54 Å². The van der Waals surface area contributed by atoms with Crippen molar-refractivity contribution in [2.45, 2.75) is 31.8 Å². The molecule has 1 aliphatic rings. The Balaban J connectivity index is 2.00. The van der Waals surface area contributed by atoms with Gasteiger partial charge in [-0.3, -0.25) is 4.79 Å². The van der Waals surface area contributed by atoms with Crippen molar-refractivity contribution in [3.8, 4) is 0 Å². The second-order valence-corrected chi connectivity index (χ2v) is 5.49.